The Hall–Kier alpha value is -3.54. The third-order valence-electron chi connectivity index (χ3n) is 6.20. The normalized spacial score (nSPS) is 22.3. The molecule has 3 heterocycles. The Morgan fingerprint density at radius 3 is 2.83 bits per heavy atom. The third kappa shape index (κ3) is 2.56. The Bertz CT molecular complexity index is 1160. The van der Waals surface area contributed by atoms with Gasteiger partial charge in [0.05, 0.1) is 11.6 Å². The van der Waals surface area contributed by atoms with Gasteiger partial charge >= 0.3 is 0 Å². The van der Waals surface area contributed by atoms with Crippen molar-refractivity contribution >= 4 is 17.5 Å². The maximum absolute atomic E-state index is 14.5. The molecule has 30 heavy (non-hydrogen) atoms. The van der Waals surface area contributed by atoms with E-state index in [1.54, 1.807) is 35.5 Å². The van der Waals surface area contributed by atoms with Crippen molar-refractivity contribution in [2.45, 2.75) is 24.8 Å². The summed E-state index contributed by atoms with van der Waals surface area (Å²) in [6, 6.07) is 15.1. The second kappa shape index (κ2) is 6.76. The molecular weight excluding hydrogens is 381 g/mol. The summed E-state index contributed by atoms with van der Waals surface area (Å²) in [6.45, 7) is 2.16. The molecule has 150 valence electrons. The Morgan fingerprint density at radius 2 is 2.03 bits per heavy atom. The molecule has 0 aliphatic carbocycles. The average Bonchev–Trinajstić information content (AvgIpc) is 3.29. The van der Waals surface area contributed by atoms with E-state index in [0.717, 1.165) is 22.4 Å². The van der Waals surface area contributed by atoms with E-state index in [1.165, 1.54) is 6.07 Å². The van der Waals surface area contributed by atoms with E-state index in [0.29, 0.717) is 13.0 Å². The molecule has 2 aliphatic rings. The van der Waals surface area contributed by atoms with Gasteiger partial charge in [0, 0.05) is 24.6 Å². The molecule has 1 aromatic heterocycles. The molecule has 5 rings (SSSR count). The maximum atomic E-state index is 14.5. The zero-order valence-electron chi connectivity index (χ0n) is 16.4. The number of amides is 2. The highest BCUT2D eigenvalue weighted by Crippen LogP contribution is 2.54. The van der Waals surface area contributed by atoms with Crippen LogP contribution in [0, 0.1) is 12.7 Å². The number of nitrogens with one attached hydrogen (secondary N) is 1. The number of anilines is 1. The summed E-state index contributed by atoms with van der Waals surface area (Å²) in [7, 11) is 0. The van der Waals surface area contributed by atoms with Gasteiger partial charge in [0.25, 0.3) is 5.91 Å². The number of aryl methyl sites for hydroxylation is 1. The van der Waals surface area contributed by atoms with Gasteiger partial charge in [-0.2, -0.15) is 0 Å². The lowest BCUT2D eigenvalue weighted by Crippen LogP contribution is -2.42. The zero-order chi connectivity index (χ0) is 20.9. The van der Waals surface area contributed by atoms with Crippen LogP contribution < -0.4 is 5.32 Å². The topological polar surface area (TPSA) is 62.3 Å². The smallest absolute Gasteiger partial charge is 0.257 e. The van der Waals surface area contributed by atoms with Gasteiger partial charge in [-0.3, -0.25) is 14.6 Å². The van der Waals surface area contributed by atoms with E-state index in [2.05, 4.69) is 10.3 Å². The van der Waals surface area contributed by atoms with Crippen molar-refractivity contribution in [3.8, 4) is 0 Å². The molecule has 1 fully saturated rings. The molecular formula is C24H20FN3O2. The van der Waals surface area contributed by atoms with Gasteiger partial charge in [-0.25, -0.2) is 4.39 Å². The first-order valence-corrected chi connectivity index (χ1v) is 9.90. The Kier molecular flexibility index (Phi) is 4.17. The van der Waals surface area contributed by atoms with Crippen molar-refractivity contribution in [1.29, 1.82) is 0 Å². The number of carbonyl (C=O) groups excluding carboxylic acids is 2. The third-order valence-corrected chi connectivity index (χ3v) is 6.20. The highest BCUT2D eigenvalue weighted by atomic mass is 19.1. The van der Waals surface area contributed by atoms with Gasteiger partial charge in [-0.1, -0.05) is 35.9 Å². The molecule has 5 nitrogen and oxygen atoms in total. The van der Waals surface area contributed by atoms with Gasteiger partial charge in [0.1, 0.15) is 11.2 Å². The van der Waals surface area contributed by atoms with Crippen molar-refractivity contribution in [1.82, 2.24) is 9.88 Å². The molecule has 1 N–H and O–H groups in total. The van der Waals surface area contributed by atoms with Crippen LogP contribution in [0.15, 0.2) is 67.0 Å². The molecule has 2 amide bonds. The number of aromatic nitrogens is 1. The van der Waals surface area contributed by atoms with E-state index in [-0.39, 0.29) is 11.5 Å². The number of likely N-dealkylation sites (tertiary alicyclic amines) is 1. The lowest BCUT2D eigenvalue weighted by Gasteiger charge is -2.34. The molecule has 3 aromatic rings. The standard InChI is InChI=1S/C24H20FN3O2/c1-15-8-9-19(25)17(13-15)22(29)28-12-10-24(21(28)16-5-4-11-26-14-16)18-6-2-3-7-20(18)27-23(24)30/h2-9,11,13-14,21H,10,12H2,1H3,(H,27,30). The second-order valence-electron chi connectivity index (χ2n) is 7.89. The monoisotopic (exact) mass is 401 g/mol. The van der Waals surface area contributed by atoms with Crippen molar-refractivity contribution in [2.75, 3.05) is 11.9 Å². The number of carbonyl (C=O) groups is 2. The number of hydrogen-bond donors (Lipinski definition) is 1. The van der Waals surface area contributed by atoms with Crippen LogP contribution in [-0.4, -0.2) is 28.2 Å². The predicted octanol–water partition coefficient (Wildman–Crippen LogP) is 4.01. The lowest BCUT2D eigenvalue weighted by molar-refractivity contribution is -0.121. The first kappa shape index (κ1) is 18.5. The largest absolute Gasteiger partial charge is 0.330 e. The quantitative estimate of drug-likeness (QED) is 0.706. The van der Waals surface area contributed by atoms with Crippen molar-refractivity contribution in [3.63, 3.8) is 0 Å². The van der Waals surface area contributed by atoms with Crippen LogP contribution in [0.4, 0.5) is 10.1 Å². The molecule has 2 atom stereocenters. The predicted molar refractivity (Wildman–Crippen MR) is 111 cm³/mol. The van der Waals surface area contributed by atoms with Gasteiger partial charge in [0.2, 0.25) is 5.91 Å². The van der Waals surface area contributed by atoms with Crippen molar-refractivity contribution < 1.29 is 14.0 Å². The molecule has 0 saturated carbocycles. The molecule has 0 bridgehead atoms. The van der Waals surface area contributed by atoms with E-state index in [9.17, 15) is 14.0 Å². The molecule has 2 unspecified atom stereocenters. The Balaban J connectivity index is 1.68. The number of benzene rings is 2. The van der Waals surface area contributed by atoms with E-state index >= 15 is 0 Å². The number of hydrogen-bond acceptors (Lipinski definition) is 3. The van der Waals surface area contributed by atoms with Crippen molar-refractivity contribution in [2.24, 2.45) is 0 Å². The van der Waals surface area contributed by atoms with E-state index in [4.69, 9.17) is 0 Å². The fraction of sp³-hybridized carbons (Fsp3) is 0.208. The second-order valence-corrected chi connectivity index (χ2v) is 7.89. The number of rotatable bonds is 2. The summed E-state index contributed by atoms with van der Waals surface area (Å²) in [5, 5.41) is 2.98. The SMILES string of the molecule is Cc1ccc(F)c(C(=O)N2CCC3(C(=O)Nc4ccccc43)C2c2cccnc2)c1. The molecule has 1 spiro atoms. The maximum Gasteiger partial charge on any atom is 0.257 e. The summed E-state index contributed by atoms with van der Waals surface area (Å²) in [4.78, 5) is 32.7. The van der Waals surface area contributed by atoms with Gasteiger partial charge in [-0.05, 0) is 48.7 Å². The first-order chi connectivity index (χ1) is 14.5. The summed E-state index contributed by atoms with van der Waals surface area (Å²) in [5.41, 5.74) is 2.26. The van der Waals surface area contributed by atoms with Crippen LogP contribution in [0.1, 0.15) is 39.5 Å². The highest BCUT2D eigenvalue weighted by Gasteiger charge is 2.59. The first-order valence-electron chi connectivity index (χ1n) is 9.90. The summed E-state index contributed by atoms with van der Waals surface area (Å²) < 4.78 is 14.5. The molecule has 2 aliphatic heterocycles. The summed E-state index contributed by atoms with van der Waals surface area (Å²) in [5.74, 6) is -1.12. The minimum absolute atomic E-state index is 0.0210. The van der Waals surface area contributed by atoms with Crippen LogP contribution in [0.25, 0.3) is 0 Å². The summed E-state index contributed by atoms with van der Waals surface area (Å²) in [6.07, 6.45) is 3.79. The molecule has 2 aromatic carbocycles. The molecule has 6 heteroatoms. The number of para-hydroxylation sites is 1. The van der Waals surface area contributed by atoms with Crippen LogP contribution >= 0.6 is 0 Å². The minimum Gasteiger partial charge on any atom is -0.330 e. The average molecular weight is 401 g/mol. The Labute approximate surface area is 173 Å². The van der Waals surface area contributed by atoms with Crippen LogP contribution in [-0.2, 0) is 10.2 Å². The molecule has 0 radical (unpaired) electrons. The zero-order valence-corrected chi connectivity index (χ0v) is 16.4. The van der Waals surface area contributed by atoms with Crippen molar-refractivity contribution in [3.05, 3.63) is 95.1 Å². The number of pyridine rings is 1. The van der Waals surface area contributed by atoms with Gasteiger partial charge in [0.15, 0.2) is 0 Å². The number of fused-ring (bicyclic) bond motifs is 2. The van der Waals surface area contributed by atoms with Gasteiger partial charge < -0.3 is 10.2 Å². The van der Waals surface area contributed by atoms with E-state index < -0.39 is 23.2 Å². The molecule has 1 saturated heterocycles. The van der Waals surface area contributed by atoms with Gasteiger partial charge in [-0.15, -0.1) is 0 Å². The van der Waals surface area contributed by atoms with Crippen LogP contribution in [0.2, 0.25) is 0 Å². The highest BCUT2D eigenvalue weighted by molar-refractivity contribution is 6.08. The van der Waals surface area contributed by atoms with Crippen LogP contribution in [0.5, 0.6) is 0 Å². The Morgan fingerprint density at radius 1 is 1.20 bits per heavy atom. The fourth-order valence-electron chi connectivity index (χ4n) is 4.86. The fourth-order valence-corrected chi connectivity index (χ4v) is 4.86. The van der Waals surface area contributed by atoms with E-state index in [1.807, 2.05) is 37.3 Å². The minimum atomic E-state index is -0.935. The summed E-state index contributed by atoms with van der Waals surface area (Å²) >= 11 is 0. The number of halogens is 1. The number of nitrogens with zero attached hydrogens (tertiary/aromatic N) is 2. The van der Waals surface area contributed by atoms with Crippen LogP contribution in [0.3, 0.4) is 0 Å². The lowest BCUT2D eigenvalue weighted by atomic mass is 9.73.